The van der Waals surface area contributed by atoms with E-state index < -0.39 is 21.9 Å². The number of aromatic nitrogens is 1. The van der Waals surface area contributed by atoms with Crippen LogP contribution >= 0.6 is 11.3 Å². The van der Waals surface area contributed by atoms with E-state index in [1.54, 1.807) is 23.5 Å². The fraction of sp³-hybridized carbons (Fsp3) is 0.263. The Labute approximate surface area is 166 Å². The van der Waals surface area contributed by atoms with E-state index in [2.05, 4.69) is 10.3 Å². The number of halogens is 1. The van der Waals surface area contributed by atoms with E-state index in [0.29, 0.717) is 18.5 Å². The summed E-state index contributed by atoms with van der Waals surface area (Å²) in [4.78, 5) is 17.2. The van der Waals surface area contributed by atoms with Gasteiger partial charge in [-0.05, 0) is 62.2 Å². The van der Waals surface area contributed by atoms with Gasteiger partial charge in [0, 0.05) is 12.2 Å². The number of nitrogens with zero attached hydrogens (tertiary/aromatic N) is 2. The first kappa shape index (κ1) is 19.0. The number of hydrogen-bond acceptors (Lipinski definition) is 5. The Hall–Kier alpha value is -2.36. The molecule has 1 fully saturated rings. The maximum Gasteiger partial charge on any atom is 0.243 e. The van der Waals surface area contributed by atoms with E-state index in [-0.39, 0.29) is 17.3 Å². The summed E-state index contributed by atoms with van der Waals surface area (Å²) in [6, 6.07) is 9.29. The van der Waals surface area contributed by atoms with Crippen molar-refractivity contribution in [1.82, 2.24) is 9.29 Å². The van der Waals surface area contributed by atoms with E-state index in [1.165, 1.54) is 16.4 Å². The molecule has 1 aliphatic rings. The number of nitrogens with one attached hydrogen (secondary N) is 1. The van der Waals surface area contributed by atoms with Gasteiger partial charge in [-0.15, -0.1) is 11.3 Å². The fourth-order valence-corrected chi connectivity index (χ4v) is 5.84. The van der Waals surface area contributed by atoms with Crippen LogP contribution in [-0.4, -0.2) is 36.2 Å². The normalized spacial score (nSPS) is 17.9. The van der Waals surface area contributed by atoms with Gasteiger partial charge in [-0.3, -0.25) is 4.79 Å². The minimum atomic E-state index is -3.88. The SMILES string of the molecule is Cc1nc2cc(NC(=O)C3CCCN3S(=O)(=O)c3ccc(F)cc3)ccc2s1. The van der Waals surface area contributed by atoms with Crippen LogP contribution in [0.15, 0.2) is 47.4 Å². The molecule has 1 unspecified atom stereocenters. The predicted octanol–water partition coefficient (Wildman–Crippen LogP) is 3.54. The van der Waals surface area contributed by atoms with Gasteiger partial charge in [-0.1, -0.05) is 0 Å². The van der Waals surface area contributed by atoms with Crippen LogP contribution in [0.5, 0.6) is 0 Å². The highest BCUT2D eigenvalue weighted by Crippen LogP contribution is 2.28. The van der Waals surface area contributed by atoms with Crippen molar-refractivity contribution in [3.8, 4) is 0 Å². The van der Waals surface area contributed by atoms with Crippen LogP contribution in [0.1, 0.15) is 17.8 Å². The smallest absolute Gasteiger partial charge is 0.243 e. The molecule has 3 aromatic rings. The topological polar surface area (TPSA) is 79.4 Å². The third kappa shape index (κ3) is 3.52. The lowest BCUT2D eigenvalue weighted by Gasteiger charge is -2.23. The Morgan fingerprint density at radius 1 is 1.25 bits per heavy atom. The van der Waals surface area contributed by atoms with Gasteiger partial charge in [0.25, 0.3) is 0 Å². The third-order valence-corrected chi connectivity index (χ3v) is 7.56. The van der Waals surface area contributed by atoms with Crippen molar-refractivity contribution in [2.24, 2.45) is 0 Å². The Morgan fingerprint density at radius 2 is 2.00 bits per heavy atom. The first-order valence-electron chi connectivity index (χ1n) is 8.80. The zero-order valence-corrected chi connectivity index (χ0v) is 16.7. The number of rotatable bonds is 4. The number of carbonyl (C=O) groups is 1. The monoisotopic (exact) mass is 419 g/mol. The molecule has 2 aromatic carbocycles. The maximum atomic E-state index is 13.1. The summed E-state index contributed by atoms with van der Waals surface area (Å²) in [6.07, 6.45) is 1.02. The molecule has 146 valence electrons. The third-order valence-electron chi connectivity index (χ3n) is 4.69. The van der Waals surface area contributed by atoms with E-state index in [9.17, 15) is 17.6 Å². The molecule has 1 N–H and O–H groups in total. The maximum absolute atomic E-state index is 13.1. The molecular formula is C19H18FN3O3S2. The van der Waals surface area contributed by atoms with E-state index in [0.717, 1.165) is 27.4 Å². The highest BCUT2D eigenvalue weighted by Gasteiger charge is 2.39. The van der Waals surface area contributed by atoms with Crippen molar-refractivity contribution in [2.45, 2.75) is 30.7 Å². The van der Waals surface area contributed by atoms with Gasteiger partial charge in [-0.2, -0.15) is 4.31 Å². The number of sulfonamides is 1. The summed E-state index contributed by atoms with van der Waals surface area (Å²) in [5, 5.41) is 3.74. The number of fused-ring (bicyclic) bond motifs is 1. The summed E-state index contributed by atoms with van der Waals surface area (Å²) in [5.41, 5.74) is 1.37. The number of thiazole rings is 1. The van der Waals surface area contributed by atoms with Crippen molar-refractivity contribution < 1.29 is 17.6 Å². The first-order chi connectivity index (χ1) is 13.3. The molecule has 6 nitrogen and oxygen atoms in total. The van der Waals surface area contributed by atoms with Gasteiger partial charge < -0.3 is 5.32 Å². The first-order valence-corrected chi connectivity index (χ1v) is 11.1. The summed E-state index contributed by atoms with van der Waals surface area (Å²) in [7, 11) is -3.88. The van der Waals surface area contributed by atoms with Crippen LogP contribution in [0, 0.1) is 12.7 Å². The summed E-state index contributed by atoms with van der Waals surface area (Å²) < 4.78 is 41.2. The lowest BCUT2D eigenvalue weighted by Crippen LogP contribution is -2.43. The second-order valence-electron chi connectivity index (χ2n) is 6.63. The minimum absolute atomic E-state index is 0.0204. The molecule has 28 heavy (non-hydrogen) atoms. The average molecular weight is 420 g/mol. The minimum Gasteiger partial charge on any atom is -0.325 e. The lowest BCUT2D eigenvalue weighted by atomic mass is 10.2. The molecule has 1 aliphatic heterocycles. The molecule has 1 amide bonds. The number of benzene rings is 2. The molecule has 1 aromatic heterocycles. The molecule has 0 saturated carbocycles. The molecule has 0 aliphatic carbocycles. The molecular weight excluding hydrogens is 401 g/mol. The standard InChI is InChI=1S/C19H18FN3O3S2/c1-12-21-16-11-14(6-9-18(16)27-12)22-19(24)17-3-2-10-23(17)28(25,26)15-7-4-13(20)5-8-15/h4-9,11,17H,2-3,10H2,1H3,(H,22,24). The van der Waals surface area contributed by atoms with Gasteiger partial charge >= 0.3 is 0 Å². The molecule has 2 heterocycles. The molecule has 0 radical (unpaired) electrons. The van der Waals surface area contributed by atoms with E-state index >= 15 is 0 Å². The van der Waals surface area contributed by atoms with E-state index in [1.807, 2.05) is 13.0 Å². The Kier molecular flexibility index (Phi) is 4.90. The van der Waals surface area contributed by atoms with Crippen LogP contribution in [0.4, 0.5) is 10.1 Å². The van der Waals surface area contributed by atoms with Crippen molar-refractivity contribution in [1.29, 1.82) is 0 Å². The highest BCUT2D eigenvalue weighted by molar-refractivity contribution is 7.89. The van der Waals surface area contributed by atoms with Crippen molar-refractivity contribution in [3.63, 3.8) is 0 Å². The Morgan fingerprint density at radius 3 is 2.75 bits per heavy atom. The van der Waals surface area contributed by atoms with Crippen LogP contribution in [0.3, 0.4) is 0 Å². The van der Waals surface area contributed by atoms with Gasteiger partial charge in [-0.25, -0.2) is 17.8 Å². The number of anilines is 1. The van der Waals surface area contributed by atoms with Gasteiger partial charge in [0.05, 0.1) is 20.1 Å². The summed E-state index contributed by atoms with van der Waals surface area (Å²) in [5.74, 6) is -0.892. The summed E-state index contributed by atoms with van der Waals surface area (Å²) in [6.45, 7) is 2.17. The molecule has 1 saturated heterocycles. The van der Waals surface area contributed by atoms with Crippen LogP contribution in [0.25, 0.3) is 10.2 Å². The molecule has 4 rings (SSSR count). The van der Waals surface area contributed by atoms with Gasteiger partial charge in [0.1, 0.15) is 11.9 Å². The lowest BCUT2D eigenvalue weighted by molar-refractivity contribution is -0.119. The second-order valence-corrected chi connectivity index (χ2v) is 9.76. The largest absolute Gasteiger partial charge is 0.325 e. The van der Waals surface area contributed by atoms with E-state index in [4.69, 9.17) is 0 Å². The molecule has 9 heteroatoms. The zero-order valence-electron chi connectivity index (χ0n) is 15.1. The van der Waals surface area contributed by atoms with Crippen LogP contribution in [-0.2, 0) is 14.8 Å². The van der Waals surface area contributed by atoms with Crippen LogP contribution in [0.2, 0.25) is 0 Å². The fourth-order valence-electron chi connectivity index (χ4n) is 3.38. The Bertz CT molecular complexity index is 1140. The zero-order chi connectivity index (χ0) is 19.9. The van der Waals surface area contributed by atoms with Gasteiger partial charge in [0.2, 0.25) is 15.9 Å². The predicted molar refractivity (Wildman–Crippen MR) is 106 cm³/mol. The van der Waals surface area contributed by atoms with Gasteiger partial charge in [0.15, 0.2) is 0 Å². The van der Waals surface area contributed by atoms with Crippen molar-refractivity contribution >= 4 is 43.2 Å². The summed E-state index contributed by atoms with van der Waals surface area (Å²) >= 11 is 1.57. The van der Waals surface area contributed by atoms with Crippen molar-refractivity contribution in [3.05, 3.63) is 53.3 Å². The highest BCUT2D eigenvalue weighted by atomic mass is 32.2. The number of hydrogen-bond donors (Lipinski definition) is 1. The average Bonchev–Trinajstić information content (AvgIpc) is 3.28. The molecule has 1 atom stereocenters. The molecule has 0 spiro atoms. The molecule has 0 bridgehead atoms. The Balaban J connectivity index is 1.56. The number of carbonyl (C=O) groups excluding carboxylic acids is 1. The van der Waals surface area contributed by atoms with Crippen LogP contribution < -0.4 is 5.32 Å². The second kappa shape index (κ2) is 7.23. The number of amides is 1. The quantitative estimate of drug-likeness (QED) is 0.702. The van der Waals surface area contributed by atoms with Crippen molar-refractivity contribution in [2.75, 3.05) is 11.9 Å². The number of aryl methyl sites for hydroxylation is 1.